The van der Waals surface area contributed by atoms with Crippen LogP contribution in [0.2, 0.25) is 0 Å². The lowest BCUT2D eigenvalue weighted by molar-refractivity contribution is 0.102. The molecule has 9 heteroatoms. The maximum Gasteiger partial charge on any atom is 0.261 e. The number of nitrogens with zero attached hydrogens (tertiary/aromatic N) is 1. The second kappa shape index (κ2) is 9.66. The molecule has 0 spiro atoms. The second-order valence-electron chi connectivity index (χ2n) is 7.60. The first-order chi connectivity index (χ1) is 16.2. The SMILES string of the molecule is COc1ccc(-c2nc(NC(=O)c3ccc(NS(=O)(=O)c4ccc(C)cc4)cc3)sc2C)cc1. The van der Waals surface area contributed by atoms with E-state index in [9.17, 15) is 13.2 Å². The van der Waals surface area contributed by atoms with Crippen LogP contribution in [-0.2, 0) is 10.0 Å². The molecule has 0 aliphatic heterocycles. The summed E-state index contributed by atoms with van der Waals surface area (Å²) in [7, 11) is -2.10. The topological polar surface area (TPSA) is 97.4 Å². The van der Waals surface area contributed by atoms with E-state index in [2.05, 4.69) is 15.0 Å². The van der Waals surface area contributed by atoms with Gasteiger partial charge in [0.25, 0.3) is 15.9 Å². The van der Waals surface area contributed by atoms with Crippen molar-refractivity contribution in [3.63, 3.8) is 0 Å². The van der Waals surface area contributed by atoms with Crippen molar-refractivity contribution >= 4 is 38.1 Å². The Kier molecular flexibility index (Phi) is 6.67. The van der Waals surface area contributed by atoms with Gasteiger partial charge in [-0.3, -0.25) is 14.8 Å². The smallest absolute Gasteiger partial charge is 0.261 e. The number of carbonyl (C=O) groups excluding carboxylic acids is 1. The van der Waals surface area contributed by atoms with Gasteiger partial charge in [-0.2, -0.15) is 0 Å². The zero-order chi connectivity index (χ0) is 24.3. The van der Waals surface area contributed by atoms with E-state index >= 15 is 0 Å². The lowest BCUT2D eigenvalue weighted by Gasteiger charge is -2.09. The minimum absolute atomic E-state index is 0.173. The molecule has 174 valence electrons. The first kappa shape index (κ1) is 23.5. The summed E-state index contributed by atoms with van der Waals surface area (Å²) in [5.74, 6) is 0.428. The van der Waals surface area contributed by atoms with Gasteiger partial charge in [0, 0.05) is 21.7 Å². The Morgan fingerprint density at radius 2 is 1.56 bits per heavy atom. The number of ether oxygens (including phenoxy) is 1. The van der Waals surface area contributed by atoms with Crippen LogP contribution in [0.3, 0.4) is 0 Å². The monoisotopic (exact) mass is 493 g/mol. The molecule has 1 heterocycles. The Morgan fingerprint density at radius 3 is 2.18 bits per heavy atom. The van der Waals surface area contributed by atoms with Crippen LogP contribution in [0.5, 0.6) is 5.75 Å². The number of hydrogen-bond acceptors (Lipinski definition) is 6. The van der Waals surface area contributed by atoms with Crippen LogP contribution in [0.4, 0.5) is 10.8 Å². The largest absolute Gasteiger partial charge is 0.497 e. The van der Waals surface area contributed by atoms with E-state index in [-0.39, 0.29) is 10.8 Å². The predicted molar refractivity (Wildman–Crippen MR) is 135 cm³/mol. The fourth-order valence-electron chi connectivity index (χ4n) is 3.26. The Labute approximate surface area is 202 Å². The van der Waals surface area contributed by atoms with E-state index in [1.165, 1.54) is 11.3 Å². The lowest BCUT2D eigenvalue weighted by atomic mass is 10.1. The first-order valence-electron chi connectivity index (χ1n) is 10.4. The molecule has 0 bridgehead atoms. The zero-order valence-corrected chi connectivity index (χ0v) is 20.5. The number of thiazole rings is 1. The maximum atomic E-state index is 12.7. The van der Waals surface area contributed by atoms with E-state index in [1.54, 1.807) is 55.6 Å². The third kappa shape index (κ3) is 5.27. The van der Waals surface area contributed by atoms with Crippen LogP contribution >= 0.6 is 11.3 Å². The predicted octanol–water partition coefficient (Wildman–Crippen LogP) is 5.49. The fraction of sp³-hybridized carbons (Fsp3) is 0.120. The van der Waals surface area contributed by atoms with Crippen molar-refractivity contribution < 1.29 is 17.9 Å². The van der Waals surface area contributed by atoms with Gasteiger partial charge in [-0.25, -0.2) is 13.4 Å². The van der Waals surface area contributed by atoms with E-state index in [0.717, 1.165) is 27.4 Å². The molecule has 3 aromatic carbocycles. The van der Waals surface area contributed by atoms with Gasteiger partial charge in [-0.15, -0.1) is 11.3 Å². The number of carbonyl (C=O) groups is 1. The summed E-state index contributed by atoms with van der Waals surface area (Å²) in [5, 5.41) is 3.30. The third-order valence-electron chi connectivity index (χ3n) is 5.11. The molecule has 0 unspecified atom stereocenters. The second-order valence-corrected chi connectivity index (χ2v) is 10.5. The highest BCUT2D eigenvalue weighted by Gasteiger charge is 2.16. The summed E-state index contributed by atoms with van der Waals surface area (Å²) < 4.78 is 32.8. The number of amides is 1. The molecule has 0 saturated carbocycles. The van der Waals surface area contributed by atoms with Gasteiger partial charge in [0.15, 0.2) is 5.13 Å². The zero-order valence-electron chi connectivity index (χ0n) is 18.8. The molecule has 2 N–H and O–H groups in total. The van der Waals surface area contributed by atoms with Crippen LogP contribution < -0.4 is 14.8 Å². The van der Waals surface area contributed by atoms with Crippen molar-refractivity contribution in [1.29, 1.82) is 0 Å². The van der Waals surface area contributed by atoms with Crippen LogP contribution in [0.25, 0.3) is 11.3 Å². The number of anilines is 2. The molecule has 0 radical (unpaired) electrons. The fourth-order valence-corrected chi connectivity index (χ4v) is 5.15. The highest BCUT2D eigenvalue weighted by atomic mass is 32.2. The molecule has 0 atom stereocenters. The molecule has 0 aliphatic rings. The molecule has 0 fully saturated rings. The summed E-state index contributed by atoms with van der Waals surface area (Å²) in [5.41, 5.74) is 3.45. The van der Waals surface area contributed by atoms with Gasteiger partial charge in [-0.1, -0.05) is 17.7 Å². The number of hydrogen-bond donors (Lipinski definition) is 2. The lowest BCUT2D eigenvalue weighted by Crippen LogP contribution is -2.14. The number of methoxy groups -OCH3 is 1. The minimum atomic E-state index is -3.71. The van der Waals surface area contributed by atoms with Gasteiger partial charge < -0.3 is 4.74 Å². The highest BCUT2D eigenvalue weighted by molar-refractivity contribution is 7.92. The number of aromatic nitrogens is 1. The van der Waals surface area contributed by atoms with Crippen molar-refractivity contribution in [3.05, 3.63) is 88.8 Å². The van der Waals surface area contributed by atoms with Gasteiger partial charge in [-0.05, 0) is 74.5 Å². The molecule has 1 aromatic heterocycles. The Hall–Kier alpha value is -3.69. The van der Waals surface area contributed by atoms with Crippen molar-refractivity contribution in [2.45, 2.75) is 18.7 Å². The average Bonchev–Trinajstić information content (AvgIpc) is 3.19. The molecular formula is C25H23N3O4S2. The number of rotatable bonds is 7. The normalized spacial score (nSPS) is 11.1. The van der Waals surface area contributed by atoms with Crippen molar-refractivity contribution in [2.24, 2.45) is 0 Å². The van der Waals surface area contributed by atoms with Gasteiger partial charge in [0.05, 0.1) is 17.7 Å². The highest BCUT2D eigenvalue weighted by Crippen LogP contribution is 2.31. The van der Waals surface area contributed by atoms with Crippen LogP contribution in [-0.4, -0.2) is 26.4 Å². The molecule has 0 aliphatic carbocycles. The van der Waals surface area contributed by atoms with E-state index < -0.39 is 10.0 Å². The van der Waals surface area contributed by atoms with E-state index in [4.69, 9.17) is 4.74 Å². The van der Waals surface area contributed by atoms with Crippen molar-refractivity contribution in [3.8, 4) is 17.0 Å². The molecule has 34 heavy (non-hydrogen) atoms. The van der Waals surface area contributed by atoms with Gasteiger partial charge >= 0.3 is 0 Å². The summed E-state index contributed by atoms with van der Waals surface area (Å²) in [4.78, 5) is 18.4. The van der Waals surface area contributed by atoms with E-state index in [0.29, 0.717) is 16.4 Å². The number of sulfonamides is 1. The minimum Gasteiger partial charge on any atom is -0.497 e. The Morgan fingerprint density at radius 1 is 0.912 bits per heavy atom. The Balaban J connectivity index is 1.44. The average molecular weight is 494 g/mol. The molecule has 7 nitrogen and oxygen atoms in total. The number of aryl methyl sites for hydroxylation is 2. The van der Waals surface area contributed by atoms with Gasteiger partial charge in [0.2, 0.25) is 0 Å². The third-order valence-corrected chi connectivity index (χ3v) is 7.39. The maximum absolute atomic E-state index is 12.7. The quantitative estimate of drug-likeness (QED) is 0.355. The Bertz CT molecular complexity index is 1410. The number of nitrogens with one attached hydrogen (secondary N) is 2. The van der Waals surface area contributed by atoms with Crippen molar-refractivity contribution in [1.82, 2.24) is 4.98 Å². The first-order valence-corrected chi connectivity index (χ1v) is 12.7. The molecule has 0 saturated heterocycles. The van der Waals surface area contributed by atoms with Crippen molar-refractivity contribution in [2.75, 3.05) is 17.1 Å². The summed E-state index contributed by atoms with van der Waals surface area (Å²) in [6.45, 7) is 3.84. The molecule has 4 aromatic rings. The molecule has 1 amide bonds. The summed E-state index contributed by atoms with van der Waals surface area (Å²) in [6.07, 6.45) is 0. The standard InChI is InChI=1S/C25H23N3O4S2/c1-16-4-14-22(15-5-16)34(30,31)28-20-10-6-19(7-11-20)24(29)27-25-26-23(17(2)33-25)18-8-12-21(32-3)13-9-18/h4-15,28H,1-3H3,(H,26,27,29). The van der Waals surface area contributed by atoms with Gasteiger partial charge in [0.1, 0.15) is 5.75 Å². The summed E-state index contributed by atoms with van der Waals surface area (Å²) in [6, 6.07) is 20.4. The summed E-state index contributed by atoms with van der Waals surface area (Å²) >= 11 is 1.39. The number of benzene rings is 3. The van der Waals surface area contributed by atoms with Crippen LogP contribution in [0.1, 0.15) is 20.8 Å². The molecule has 4 rings (SSSR count). The molecular weight excluding hydrogens is 470 g/mol. The van der Waals surface area contributed by atoms with Crippen LogP contribution in [0, 0.1) is 13.8 Å². The van der Waals surface area contributed by atoms with Crippen LogP contribution in [0.15, 0.2) is 77.7 Å². The van der Waals surface area contributed by atoms with E-state index in [1.807, 2.05) is 38.1 Å².